The van der Waals surface area contributed by atoms with Gasteiger partial charge in [0.15, 0.2) is 0 Å². The minimum atomic E-state index is -4.49. The molecule has 7 aromatic carbocycles. The van der Waals surface area contributed by atoms with E-state index in [0.717, 1.165) is 80.5 Å². The number of carbonyl (C=O) groups is 3. The van der Waals surface area contributed by atoms with Gasteiger partial charge in [0.1, 0.15) is 17.5 Å². The summed E-state index contributed by atoms with van der Waals surface area (Å²) in [5, 5.41) is 14.8. The Kier molecular flexibility index (Phi) is 39.7. The molecule has 0 bridgehead atoms. The van der Waals surface area contributed by atoms with E-state index in [4.69, 9.17) is 63.7 Å². The second kappa shape index (κ2) is 48.2. The van der Waals surface area contributed by atoms with E-state index in [2.05, 4.69) is 83.7 Å². The Morgan fingerprint density at radius 2 is 0.560 bits per heavy atom. The number of amides is 6. The van der Waals surface area contributed by atoms with Gasteiger partial charge in [-0.1, -0.05) is 60.7 Å². The van der Waals surface area contributed by atoms with Crippen LogP contribution >= 0.6 is 31.9 Å². The van der Waals surface area contributed by atoms with Crippen molar-refractivity contribution < 1.29 is 132 Å². The van der Waals surface area contributed by atoms with E-state index < -0.39 is 127 Å². The van der Waals surface area contributed by atoms with Gasteiger partial charge in [-0.2, -0.15) is 70.8 Å². The summed E-state index contributed by atoms with van der Waals surface area (Å²) in [5.41, 5.74) is 14.9. The number of nitrogen functional groups attached to an aromatic ring is 3. The topological polar surface area (TPSA) is 362 Å². The monoisotopic (exact) mass is 2240 g/mol. The van der Waals surface area contributed by atoms with E-state index in [1.54, 1.807) is 108 Å². The Balaban J connectivity index is 0.000000215. The molecule has 10 aromatic rings. The number of halogens is 17. The van der Waals surface area contributed by atoms with Crippen LogP contribution in [0.25, 0.3) is 0 Å². The maximum atomic E-state index is 12.9. The van der Waals surface area contributed by atoms with Crippen molar-refractivity contribution in [1.29, 1.82) is 0 Å². The molecule has 5 saturated heterocycles. The van der Waals surface area contributed by atoms with Crippen molar-refractivity contribution in [1.82, 2.24) is 15.0 Å². The van der Waals surface area contributed by atoms with E-state index in [1.165, 1.54) is 48.8 Å². The Morgan fingerprint density at radius 3 is 0.820 bits per heavy atom. The van der Waals surface area contributed by atoms with Crippen LogP contribution in [0.3, 0.4) is 0 Å². The lowest BCUT2D eigenvalue weighted by Gasteiger charge is -2.32. The van der Waals surface area contributed by atoms with Crippen LogP contribution in [0, 0.1) is 34.6 Å². The first-order valence-electron chi connectivity index (χ1n) is 46.3. The maximum Gasteiger partial charge on any atom is 0.496 e. The molecule has 5 aliphatic rings. The van der Waals surface area contributed by atoms with Crippen LogP contribution < -0.4 is 65.5 Å². The number of isocyanates is 1. The zero-order valence-electron chi connectivity index (χ0n) is 87.0. The number of aromatic nitrogens is 3. The fourth-order valence-corrected chi connectivity index (χ4v) is 13.6. The zero-order chi connectivity index (χ0) is 113. The molecule has 5 fully saturated rings. The second-order valence-corrected chi connectivity index (χ2v) is 42.0. The normalized spacial score (nSPS) is 17.4. The lowest BCUT2D eigenvalue weighted by Crippen LogP contribution is -2.41. The average Bonchev–Trinajstić information content (AvgIpc) is 1.59. The van der Waals surface area contributed by atoms with Gasteiger partial charge in [-0.25, -0.2) is 34.1 Å². The smallest absolute Gasteiger partial charge is 0.405 e. The van der Waals surface area contributed by atoms with Gasteiger partial charge in [0.25, 0.3) is 0 Å². The van der Waals surface area contributed by atoms with Gasteiger partial charge >= 0.3 is 84.3 Å². The predicted octanol–water partition coefficient (Wildman–Crippen LogP) is 24.9. The number of carbonyl (C=O) groups excluding carboxylic acids is 4. The molecule has 5 aliphatic heterocycles. The van der Waals surface area contributed by atoms with Gasteiger partial charge in [-0.15, -0.1) is 0 Å². The standard InChI is InChI=1S/C21H24BF3N2O3.C20H23BF3N3O3.C14H11BrF3N3O.C13H16BNO3.C12H24B2O4.2C8H8F3N.C5H5BrN2/c1-13-6-7-14(21(23,24)25)12-17(13)27-18(28)26-16-10-8-15(9-11-16)22-29-19(2,3)20(4,5)30-22;1-12-6-7-13(20(22,23)24)10-15(12)26-17(28)27-16-9-8-14(11-25-16)21-29-18(2,3)19(4,5)30-21;1-8-2-3-9(14(16,17)18)6-11(8)20-13(22)21-12-5-4-10(15)7-19-12;1-12(2)13(3,4)18-14(17-12)10-5-7-11(8-6-10)15-9-16;1-9(2)10(3,4)16-13(15-9)14-17-11(5,6)12(7,8)18-14;2*1-5-2-3-6(4-7(5)12)8(9,10)11;6-4-1-2-5(7)8-3-4/h6-12H,1-5H3,(H2,26,27,28);6-11H,1-5H3,(H2,25,26,27,28);2-7H,1H3,(H2,19,20,21,22);5-8H,1-4H3;1-8H3;2*2-4H,12H2,1H3;1-3H,(H2,7,8). The minimum absolute atomic E-state index is 0.0659. The summed E-state index contributed by atoms with van der Waals surface area (Å²) in [6.45, 7) is 48.0. The highest BCUT2D eigenvalue weighted by atomic mass is 79.9. The van der Waals surface area contributed by atoms with Crippen molar-refractivity contribution in [3.05, 3.63) is 259 Å². The van der Waals surface area contributed by atoms with E-state index in [0.29, 0.717) is 50.5 Å². The van der Waals surface area contributed by atoms with Crippen LogP contribution in [-0.2, 0) is 82.2 Å². The number of aryl methyl sites for hydroxylation is 5. The summed E-state index contributed by atoms with van der Waals surface area (Å²) in [5.74, 6) is 1.07. The van der Waals surface area contributed by atoms with Gasteiger partial charge < -0.3 is 85.0 Å². The summed E-state index contributed by atoms with van der Waals surface area (Å²) in [6.07, 6.45) is -15.9. The van der Waals surface area contributed by atoms with Gasteiger partial charge in [-0.3, -0.25) is 10.6 Å². The lowest BCUT2D eigenvalue weighted by atomic mass is 9.49. The van der Waals surface area contributed by atoms with Crippen LogP contribution in [0.2, 0.25) is 0 Å². The third kappa shape index (κ3) is 34.0. The van der Waals surface area contributed by atoms with Crippen LogP contribution in [0.4, 0.5) is 138 Å². The Hall–Kier alpha value is -11.6. The molecule has 3 aromatic heterocycles. The van der Waals surface area contributed by atoms with Gasteiger partial charge in [0.2, 0.25) is 6.08 Å². The van der Waals surface area contributed by atoms with E-state index in [9.17, 15) is 85.0 Å². The summed E-state index contributed by atoms with van der Waals surface area (Å²) >= 11 is 6.43. The molecule has 12 N–H and O–H groups in total. The molecule has 806 valence electrons. The molecule has 0 saturated carbocycles. The number of rotatable bonds is 11. The molecule has 0 spiro atoms. The van der Waals surface area contributed by atoms with Crippen molar-refractivity contribution in [3.63, 3.8) is 0 Å². The number of hydrogen-bond donors (Lipinski definition) is 9. The molecule has 0 aliphatic carbocycles. The maximum absolute atomic E-state index is 12.9. The van der Waals surface area contributed by atoms with E-state index >= 15 is 0 Å². The minimum Gasteiger partial charge on any atom is -0.405 e. The largest absolute Gasteiger partial charge is 0.496 e. The Labute approximate surface area is 879 Å². The second-order valence-electron chi connectivity index (χ2n) is 40.1. The molecule has 0 unspecified atom stereocenters. The number of pyridine rings is 3. The van der Waals surface area contributed by atoms with Crippen LogP contribution in [0.1, 0.15) is 194 Å². The van der Waals surface area contributed by atoms with Gasteiger partial charge in [-0.05, 0) is 359 Å². The first kappa shape index (κ1) is 124. The highest BCUT2D eigenvalue weighted by molar-refractivity contribution is 9.10. The molecule has 6 amide bonds. The summed E-state index contributed by atoms with van der Waals surface area (Å²) in [6, 6.07) is 38.3. The van der Waals surface area contributed by atoms with Crippen molar-refractivity contribution in [2.75, 3.05) is 49.1 Å². The molecule has 27 nitrogen and oxygen atoms in total. The molecular formula is C101H119B5Br2F15N13O14. The van der Waals surface area contributed by atoms with Crippen molar-refractivity contribution in [2.45, 2.75) is 260 Å². The summed E-state index contributed by atoms with van der Waals surface area (Å²) in [7, 11) is -2.44. The highest BCUT2D eigenvalue weighted by Gasteiger charge is 2.64. The molecule has 49 heteroatoms. The number of nitrogens with one attached hydrogen (secondary N) is 6. The molecule has 0 atom stereocenters. The first-order chi connectivity index (χ1) is 68.7. The third-order valence-corrected chi connectivity index (χ3v) is 26.9. The van der Waals surface area contributed by atoms with Gasteiger partial charge in [0, 0.05) is 67.1 Å². The zero-order valence-corrected chi connectivity index (χ0v) is 90.2. The number of anilines is 9. The van der Waals surface area contributed by atoms with E-state index in [-0.39, 0.29) is 80.8 Å². The highest BCUT2D eigenvalue weighted by Crippen LogP contribution is 2.46. The van der Waals surface area contributed by atoms with Gasteiger partial charge in [0.05, 0.1) is 89.5 Å². The number of hydrogen-bond acceptors (Lipinski definition) is 21. The van der Waals surface area contributed by atoms with Crippen molar-refractivity contribution >= 4 is 165 Å². The fourth-order valence-electron chi connectivity index (χ4n) is 13.1. The Bertz CT molecular complexity index is 6020. The number of alkyl halides is 15. The third-order valence-electron chi connectivity index (χ3n) is 26.0. The summed E-state index contributed by atoms with van der Waals surface area (Å²) in [4.78, 5) is 61.9. The number of urea groups is 3. The fraction of sp³-hybridized carbons (Fsp3) is 0.396. The Morgan fingerprint density at radius 1 is 0.307 bits per heavy atom. The van der Waals surface area contributed by atoms with Crippen LogP contribution in [0.15, 0.2) is 208 Å². The lowest BCUT2D eigenvalue weighted by molar-refractivity contribution is -0.138. The average molecular weight is 2240 g/mol. The molecule has 150 heavy (non-hydrogen) atoms. The number of nitrogens with two attached hydrogens (primary N) is 3. The number of aliphatic imine (C=N–C) groups is 1. The van der Waals surface area contributed by atoms with Crippen LogP contribution in [0.5, 0.6) is 0 Å². The van der Waals surface area contributed by atoms with Crippen molar-refractivity contribution in [3.8, 4) is 0 Å². The van der Waals surface area contributed by atoms with Crippen molar-refractivity contribution in [2.24, 2.45) is 4.99 Å². The quantitative estimate of drug-likeness (QED) is 0.0191. The SMILES string of the molecule is CC1(C)OB(B2OC(C)(C)C(C)(C)O2)OC1(C)C.CC1(C)OB(c2ccc(N=C=O)cc2)OC1(C)C.Cc1ccc(C(F)(F)F)cc1N.Cc1ccc(C(F)(F)F)cc1N.Cc1ccc(C(F)(F)F)cc1NC(=O)Nc1ccc(B2OC(C)(C)C(C)(C)O2)cc1.Cc1ccc(C(F)(F)F)cc1NC(=O)Nc1ccc(B2OC(C)(C)C(C)(C)O2)cn1.Cc1ccc(C(F)(F)F)cc1NC(=O)Nc1ccc(Br)cn1.Nc1ccc(Br)cn1. The van der Waals surface area contributed by atoms with Crippen LogP contribution in [-0.4, -0.2) is 131 Å². The number of benzene rings is 7. The first-order valence-corrected chi connectivity index (χ1v) is 47.9. The predicted molar refractivity (Wildman–Crippen MR) is 560 cm³/mol. The molecule has 15 rings (SSSR count). The van der Waals surface area contributed by atoms with E-state index in [1.807, 2.05) is 157 Å². The molecule has 0 radical (unpaired) electrons. The molecule has 8 heterocycles. The summed E-state index contributed by atoms with van der Waals surface area (Å²) < 4.78 is 249. The number of nitrogens with zero attached hydrogens (tertiary/aromatic N) is 4. The molecular weight excluding hydrogens is 2120 g/mol.